The van der Waals surface area contributed by atoms with Crippen LogP contribution in [0.25, 0.3) is 0 Å². The minimum Gasteiger partial charge on any atom is -0.393 e. The average molecular weight is 206 g/mol. The monoisotopic (exact) mass is 206 g/mol. The van der Waals surface area contributed by atoms with Crippen LogP contribution in [0, 0.1) is 0 Å². The van der Waals surface area contributed by atoms with Crippen LogP contribution in [-0.2, 0) is 9.47 Å². The molecule has 0 radical (unpaired) electrons. The summed E-state index contributed by atoms with van der Waals surface area (Å²) in [6.45, 7) is -0.447. The van der Waals surface area contributed by atoms with Gasteiger partial charge in [-0.05, 0) is 6.42 Å². The standard InChI is InChI=1S/C9H18O5/c1-13-9(14-2)4-3-8(12,6-10)7(11)5-9/h7,10-12H,3-6H2,1-2H3/t7-,8-/m1/s1. The first-order chi connectivity index (χ1) is 6.52. The minimum absolute atomic E-state index is 0.164. The van der Waals surface area contributed by atoms with Gasteiger partial charge in [-0.3, -0.25) is 0 Å². The first kappa shape index (κ1) is 11.9. The van der Waals surface area contributed by atoms with E-state index in [1.807, 2.05) is 0 Å². The molecule has 1 saturated carbocycles. The highest BCUT2D eigenvalue weighted by molar-refractivity contribution is 4.96. The largest absolute Gasteiger partial charge is 0.393 e. The van der Waals surface area contributed by atoms with Gasteiger partial charge < -0.3 is 24.8 Å². The molecule has 0 heterocycles. The van der Waals surface area contributed by atoms with Gasteiger partial charge in [-0.15, -0.1) is 0 Å². The number of methoxy groups -OCH3 is 2. The Morgan fingerprint density at radius 2 is 1.86 bits per heavy atom. The van der Waals surface area contributed by atoms with Gasteiger partial charge in [-0.25, -0.2) is 0 Å². The van der Waals surface area contributed by atoms with Crippen molar-refractivity contribution >= 4 is 0 Å². The van der Waals surface area contributed by atoms with E-state index in [-0.39, 0.29) is 12.8 Å². The van der Waals surface area contributed by atoms with E-state index in [0.717, 1.165) is 0 Å². The fourth-order valence-electron chi connectivity index (χ4n) is 1.80. The van der Waals surface area contributed by atoms with Gasteiger partial charge in [-0.1, -0.05) is 0 Å². The van der Waals surface area contributed by atoms with Gasteiger partial charge in [0.25, 0.3) is 0 Å². The van der Waals surface area contributed by atoms with Crippen molar-refractivity contribution in [3.05, 3.63) is 0 Å². The number of rotatable bonds is 3. The Kier molecular flexibility index (Phi) is 3.49. The Morgan fingerprint density at radius 3 is 2.21 bits per heavy atom. The van der Waals surface area contributed by atoms with Gasteiger partial charge in [0, 0.05) is 27.1 Å². The Morgan fingerprint density at radius 1 is 1.29 bits per heavy atom. The van der Waals surface area contributed by atoms with Gasteiger partial charge in [0.2, 0.25) is 0 Å². The van der Waals surface area contributed by atoms with E-state index in [0.29, 0.717) is 6.42 Å². The molecule has 0 unspecified atom stereocenters. The van der Waals surface area contributed by atoms with Crippen molar-refractivity contribution in [3.63, 3.8) is 0 Å². The molecule has 84 valence electrons. The van der Waals surface area contributed by atoms with E-state index in [1.54, 1.807) is 0 Å². The zero-order valence-electron chi connectivity index (χ0n) is 8.56. The van der Waals surface area contributed by atoms with Crippen LogP contribution in [-0.4, -0.2) is 53.6 Å². The molecule has 0 saturated heterocycles. The van der Waals surface area contributed by atoms with Crippen LogP contribution < -0.4 is 0 Å². The molecule has 0 aliphatic heterocycles. The lowest BCUT2D eigenvalue weighted by atomic mass is 9.79. The lowest BCUT2D eigenvalue weighted by Gasteiger charge is -2.44. The summed E-state index contributed by atoms with van der Waals surface area (Å²) in [6.07, 6.45) is -0.154. The third kappa shape index (κ3) is 1.92. The fraction of sp³-hybridized carbons (Fsp3) is 1.00. The van der Waals surface area contributed by atoms with Crippen LogP contribution in [0.5, 0.6) is 0 Å². The van der Waals surface area contributed by atoms with Crippen LogP contribution in [0.4, 0.5) is 0 Å². The smallest absolute Gasteiger partial charge is 0.170 e. The molecule has 0 amide bonds. The van der Waals surface area contributed by atoms with Crippen molar-refractivity contribution < 1.29 is 24.8 Å². The van der Waals surface area contributed by atoms with Gasteiger partial charge in [0.05, 0.1) is 12.7 Å². The van der Waals surface area contributed by atoms with E-state index in [4.69, 9.17) is 14.6 Å². The van der Waals surface area contributed by atoms with Crippen LogP contribution in [0.1, 0.15) is 19.3 Å². The predicted molar refractivity (Wildman–Crippen MR) is 48.6 cm³/mol. The third-order valence-corrected chi connectivity index (χ3v) is 3.08. The van der Waals surface area contributed by atoms with E-state index in [2.05, 4.69) is 0 Å². The summed E-state index contributed by atoms with van der Waals surface area (Å²) < 4.78 is 10.3. The number of ether oxygens (including phenoxy) is 2. The van der Waals surface area contributed by atoms with Crippen molar-refractivity contribution in [1.82, 2.24) is 0 Å². The minimum atomic E-state index is -1.42. The number of hydrogen-bond acceptors (Lipinski definition) is 5. The first-order valence-electron chi connectivity index (χ1n) is 4.63. The predicted octanol–water partition coefficient (Wildman–Crippen LogP) is -0.756. The second-order valence-corrected chi connectivity index (χ2v) is 3.80. The van der Waals surface area contributed by atoms with Crippen LogP contribution >= 0.6 is 0 Å². The molecule has 1 aliphatic rings. The Hall–Kier alpha value is -0.200. The molecule has 1 fully saturated rings. The van der Waals surface area contributed by atoms with E-state index < -0.39 is 24.1 Å². The summed E-state index contributed by atoms with van der Waals surface area (Å²) in [7, 11) is 3.00. The topological polar surface area (TPSA) is 79.2 Å². The summed E-state index contributed by atoms with van der Waals surface area (Å²) in [5.74, 6) is -0.833. The SMILES string of the molecule is COC1(OC)CC[C@@](O)(CO)[C@H](O)C1. The molecule has 0 spiro atoms. The molecule has 0 aromatic carbocycles. The lowest BCUT2D eigenvalue weighted by molar-refractivity contribution is -0.271. The summed E-state index contributed by atoms with van der Waals surface area (Å²) in [5, 5.41) is 28.4. The summed E-state index contributed by atoms with van der Waals surface area (Å²) in [5.41, 5.74) is -1.42. The molecule has 2 atom stereocenters. The zero-order valence-corrected chi connectivity index (χ0v) is 8.56. The molecule has 0 aromatic heterocycles. The second-order valence-electron chi connectivity index (χ2n) is 3.80. The number of aliphatic hydroxyl groups is 3. The Balaban J connectivity index is 2.71. The zero-order chi connectivity index (χ0) is 10.8. The molecular weight excluding hydrogens is 188 g/mol. The normalized spacial score (nSPS) is 37.1. The maximum atomic E-state index is 9.76. The molecule has 5 nitrogen and oxygen atoms in total. The Labute approximate surface area is 83.3 Å². The highest BCUT2D eigenvalue weighted by Crippen LogP contribution is 2.37. The number of aliphatic hydroxyl groups excluding tert-OH is 2. The molecular formula is C9H18O5. The maximum Gasteiger partial charge on any atom is 0.170 e. The molecule has 1 aliphatic carbocycles. The third-order valence-electron chi connectivity index (χ3n) is 3.08. The summed E-state index contributed by atoms with van der Waals surface area (Å²) in [6, 6.07) is 0. The molecule has 0 bridgehead atoms. The average Bonchev–Trinajstić information content (AvgIpc) is 2.22. The van der Waals surface area contributed by atoms with Crippen molar-refractivity contribution in [2.75, 3.05) is 20.8 Å². The quantitative estimate of drug-likeness (QED) is 0.529. The highest BCUT2D eigenvalue weighted by atomic mass is 16.7. The van der Waals surface area contributed by atoms with Gasteiger partial charge in [0.1, 0.15) is 5.60 Å². The highest BCUT2D eigenvalue weighted by Gasteiger charge is 2.48. The first-order valence-corrected chi connectivity index (χ1v) is 4.63. The number of hydrogen-bond donors (Lipinski definition) is 3. The van der Waals surface area contributed by atoms with E-state index >= 15 is 0 Å². The van der Waals surface area contributed by atoms with Crippen LogP contribution in [0.2, 0.25) is 0 Å². The van der Waals surface area contributed by atoms with Crippen molar-refractivity contribution in [2.45, 2.75) is 36.8 Å². The van der Waals surface area contributed by atoms with Gasteiger partial charge in [0.15, 0.2) is 5.79 Å². The second kappa shape index (κ2) is 4.12. The van der Waals surface area contributed by atoms with E-state index in [1.165, 1.54) is 14.2 Å². The molecule has 3 N–H and O–H groups in total. The molecule has 5 heteroatoms. The van der Waals surface area contributed by atoms with Gasteiger partial charge >= 0.3 is 0 Å². The van der Waals surface area contributed by atoms with E-state index in [9.17, 15) is 10.2 Å². The maximum absolute atomic E-state index is 9.76. The summed E-state index contributed by atoms with van der Waals surface area (Å²) >= 11 is 0. The lowest BCUT2D eigenvalue weighted by Crippen LogP contribution is -2.56. The fourth-order valence-corrected chi connectivity index (χ4v) is 1.80. The van der Waals surface area contributed by atoms with Gasteiger partial charge in [-0.2, -0.15) is 0 Å². The molecule has 1 rings (SSSR count). The van der Waals surface area contributed by atoms with Crippen molar-refractivity contribution in [2.24, 2.45) is 0 Å². The molecule has 14 heavy (non-hydrogen) atoms. The van der Waals surface area contributed by atoms with Crippen LogP contribution in [0.15, 0.2) is 0 Å². The Bertz CT molecular complexity index is 192. The van der Waals surface area contributed by atoms with Crippen LogP contribution in [0.3, 0.4) is 0 Å². The summed E-state index contributed by atoms with van der Waals surface area (Å²) in [4.78, 5) is 0. The van der Waals surface area contributed by atoms with Crippen molar-refractivity contribution in [1.29, 1.82) is 0 Å². The molecule has 0 aromatic rings. The van der Waals surface area contributed by atoms with Crippen molar-refractivity contribution in [3.8, 4) is 0 Å².